The Morgan fingerprint density at radius 3 is 2.59 bits per heavy atom. The van der Waals surface area contributed by atoms with Crippen LogP contribution in [0.1, 0.15) is 51.5 Å². The summed E-state index contributed by atoms with van der Waals surface area (Å²) in [5.74, 6) is 0.142. The number of halogens is 2. The first-order chi connectivity index (χ1) is 15.9. The molecular formula is C22H28F2N4O5S. The van der Waals surface area contributed by atoms with Crippen LogP contribution in [0.15, 0.2) is 17.1 Å². The van der Waals surface area contributed by atoms with Crippen LogP contribution in [0, 0.1) is 11.8 Å². The summed E-state index contributed by atoms with van der Waals surface area (Å²) in [4.78, 5) is 22.0. The fraction of sp³-hybridized carbons (Fsp3) is 0.682. The highest BCUT2D eigenvalue weighted by atomic mass is 32.2. The monoisotopic (exact) mass is 498 g/mol. The van der Waals surface area contributed by atoms with E-state index in [1.165, 1.54) is 23.1 Å². The van der Waals surface area contributed by atoms with Crippen molar-refractivity contribution in [1.82, 2.24) is 14.5 Å². The molecule has 0 spiro atoms. The van der Waals surface area contributed by atoms with Crippen molar-refractivity contribution in [3.63, 3.8) is 0 Å². The van der Waals surface area contributed by atoms with Gasteiger partial charge in [-0.2, -0.15) is 13.8 Å². The second kappa shape index (κ2) is 8.11. The van der Waals surface area contributed by atoms with Crippen molar-refractivity contribution in [3.05, 3.63) is 22.6 Å². The van der Waals surface area contributed by atoms with E-state index in [1.807, 2.05) is 0 Å². The Hall–Kier alpha value is -2.34. The summed E-state index contributed by atoms with van der Waals surface area (Å²) in [7, 11) is -3.08. The molecule has 2 bridgehead atoms. The first kappa shape index (κ1) is 23.4. The smallest absolute Gasteiger partial charge is 0.387 e. The van der Waals surface area contributed by atoms with Crippen LogP contribution in [0.2, 0.25) is 0 Å². The SMILES string of the molecule is C[C@@]1(O)CCC[C@H]1n1c(=O)c(OC(F)F)cc2cnc(NC3C4CC3CC(S(C)(=O)=O)C4)nc21. The van der Waals surface area contributed by atoms with Crippen LogP contribution in [0.3, 0.4) is 0 Å². The van der Waals surface area contributed by atoms with Crippen molar-refractivity contribution in [3.8, 4) is 5.75 Å². The second-order valence-electron chi connectivity index (χ2n) is 10.1. The summed E-state index contributed by atoms with van der Waals surface area (Å²) in [5.41, 5.74) is -1.75. The van der Waals surface area contributed by atoms with Gasteiger partial charge in [0, 0.05) is 23.9 Å². The molecule has 0 saturated heterocycles. The average molecular weight is 499 g/mol. The van der Waals surface area contributed by atoms with E-state index >= 15 is 0 Å². The molecule has 0 aromatic carbocycles. The number of ether oxygens (including phenoxy) is 1. The summed E-state index contributed by atoms with van der Waals surface area (Å²) in [6.07, 6.45) is 6.48. The number of nitrogens with one attached hydrogen (secondary N) is 1. The Balaban J connectivity index is 1.50. The standard InChI is InChI=1S/C22H28F2N4O5S/c1-22(30)5-3-4-16(22)28-18-13(9-15(19(28)29)33-20(23)24)10-25-21(27-18)26-17-11-6-12(17)8-14(7-11)34(2,31)32/h9-12,14,16-17,20,30H,3-8H2,1-2H3,(H,25,26,27)/t11?,12?,14?,16-,17?,22-/m1/s1. The van der Waals surface area contributed by atoms with Crippen molar-refractivity contribution >= 4 is 26.8 Å². The fourth-order valence-corrected chi connectivity index (χ4v) is 7.23. The van der Waals surface area contributed by atoms with Crippen molar-refractivity contribution in [2.45, 2.75) is 75.0 Å². The predicted octanol–water partition coefficient (Wildman–Crippen LogP) is 2.49. The predicted molar refractivity (Wildman–Crippen MR) is 121 cm³/mol. The maximum absolute atomic E-state index is 13.1. The molecule has 0 aliphatic heterocycles. The molecule has 34 heavy (non-hydrogen) atoms. The van der Waals surface area contributed by atoms with Gasteiger partial charge in [0.2, 0.25) is 5.95 Å². The van der Waals surface area contributed by atoms with Gasteiger partial charge in [0.25, 0.3) is 5.56 Å². The number of hydrogen-bond donors (Lipinski definition) is 2. The molecule has 3 aliphatic carbocycles. The highest BCUT2D eigenvalue weighted by Crippen LogP contribution is 2.48. The van der Waals surface area contributed by atoms with Crippen molar-refractivity contribution in [2.75, 3.05) is 11.6 Å². The van der Waals surface area contributed by atoms with Gasteiger partial charge >= 0.3 is 6.61 Å². The number of aromatic nitrogens is 3. The molecule has 0 amide bonds. The number of aliphatic hydroxyl groups is 1. The third kappa shape index (κ3) is 4.04. The third-order valence-corrected chi connectivity index (χ3v) is 9.40. The molecule has 4 atom stereocenters. The van der Waals surface area contributed by atoms with E-state index < -0.39 is 39.4 Å². The van der Waals surface area contributed by atoms with Crippen LogP contribution in [-0.4, -0.2) is 57.8 Å². The number of pyridine rings is 1. The summed E-state index contributed by atoms with van der Waals surface area (Å²) in [6.45, 7) is -1.55. The van der Waals surface area contributed by atoms with Crippen LogP contribution in [0.4, 0.5) is 14.7 Å². The zero-order valence-corrected chi connectivity index (χ0v) is 19.8. The molecule has 2 heterocycles. The molecule has 2 aromatic rings. The lowest BCUT2D eigenvalue weighted by atomic mass is 9.61. The molecule has 2 aromatic heterocycles. The number of alkyl halides is 2. The second-order valence-corrected chi connectivity index (χ2v) is 12.5. The number of hydrogen-bond acceptors (Lipinski definition) is 8. The van der Waals surface area contributed by atoms with Gasteiger partial charge in [-0.15, -0.1) is 0 Å². The molecular weight excluding hydrogens is 470 g/mol. The minimum absolute atomic E-state index is 0.0339. The van der Waals surface area contributed by atoms with E-state index in [0.29, 0.717) is 37.5 Å². The quantitative estimate of drug-likeness (QED) is 0.623. The number of sulfone groups is 1. The van der Waals surface area contributed by atoms with Gasteiger partial charge in [0.15, 0.2) is 5.75 Å². The first-order valence-corrected chi connectivity index (χ1v) is 13.4. The first-order valence-electron chi connectivity index (χ1n) is 11.5. The van der Waals surface area contributed by atoms with E-state index in [9.17, 15) is 27.1 Å². The van der Waals surface area contributed by atoms with Gasteiger partial charge in [-0.1, -0.05) is 0 Å². The topological polar surface area (TPSA) is 123 Å². The zero-order valence-electron chi connectivity index (χ0n) is 18.9. The molecule has 2 N–H and O–H groups in total. The highest BCUT2D eigenvalue weighted by molar-refractivity contribution is 7.91. The fourth-order valence-electron chi connectivity index (χ4n) is 6.03. The molecule has 12 heteroatoms. The average Bonchev–Trinajstić information content (AvgIpc) is 3.10. The van der Waals surface area contributed by atoms with Crippen LogP contribution in [0.5, 0.6) is 5.75 Å². The molecule has 9 nitrogen and oxygen atoms in total. The molecule has 5 rings (SSSR count). The molecule has 3 fully saturated rings. The molecule has 3 saturated carbocycles. The number of fused-ring (bicyclic) bond motifs is 3. The van der Waals surface area contributed by atoms with Crippen LogP contribution < -0.4 is 15.6 Å². The zero-order chi connectivity index (χ0) is 24.4. The van der Waals surface area contributed by atoms with Crippen molar-refractivity contribution < 1.29 is 27.0 Å². The molecule has 3 aliphatic rings. The van der Waals surface area contributed by atoms with Gasteiger partial charge < -0.3 is 15.2 Å². The third-order valence-electron chi connectivity index (χ3n) is 7.80. The van der Waals surface area contributed by atoms with Gasteiger partial charge in [0.1, 0.15) is 15.5 Å². The summed E-state index contributed by atoms with van der Waals surface area (Å²) in [5, 5.41) is 14.2. The minimum Gasteiger partial charge on any atom is -0.429 e. The Morgan fingerprint density at radius 1 is 1.29 bits per heavy atom. The maximum atomic E-state index is 13.1. The van der Waals surface area contributed by atoms with Gasteiger partial charge in [-0.25, -0.2) is 13.4 Å². The summed E-state index contributed by atoms with van der Waals surface area (Å²) >= 11 is 0. The van der Waals surface area contributed by atoms with Crippen molar-refractivity contribution in [1.29, 1.82) is 0 Å². The van der Waals surface area contributed by atoms with Gasteiger partial charge in [-0.3, -0.25) is 9.36 Å². The lowest BCUT2D eigenvalue weighted by Gasteiger charge is -2.52. The molecule has 2 unspecified atom stereocenters. The molecule has 0 radical (unpaired) electrons. The number of nitrogens with zero attached hydrogens (tertiary/aromatic N) is 3. The lowest BCUT2D eigenvalue weighted by Crippen LogP contribution is -2.55. The van der Waals surface area contributed by atoms with Crippen LogP contribution in [-0.2, 0) is 9.84 Å². The Bertz CT molecular complexity index is 1270. The van der Waals surface area contributed by atoms with Crippen LogP contribution in [0.25, 0.3) is 11.0 Å². The summed E-state index contributed by atoms with van der Waals surface area (Å²) in [6, 6.07) is 0.583. The number of anilines is 1. The molecule has 186 valence electrons. The van der Waals surface area contributed by atoms with E-state index in [4.69, 9.17) is 0 Å². The van der Waals surface area contributed by atoms with Gasteiger partial charge in [0.05, 0.1) is 16.9 Å². The maximum Gasteiger partial charge on any atom is 0.387 e. The Kier molecular flexibility index (Phi) is 5.58. The highest BCUT2D eigenvalue weighted by Gasteiger charge is 2.50. The van der Waals surface area contributed by atoms with Crippen LogP contribution >= 0.6 is 0 Å². The van der Waals surface area contributed by atoms with E-state index in [-0.39, 0.29) is 34.7 Å². The summed E-state index contributed by atoms with van der Waals surface area (Å²) < 4.78 is 55.5. The lowest BCUT2D eigenvalue weighted by molar-refractivity contribution is -0.0513. The normalized spacial score (nSPS) is 33.2. The van der Waals surface area contributed by atoms with E-state index in [0.717, 1.165) is 6.42 Å². The Labute approximate surface area is 195 Å². The largest absolute Gasteiger partial charge is 0.429 e. The van der Waals surface area contributed by atoms with E-state index in [1.54, 1.807) is 6.92 Å². The Morgan fingerprint density at radius 2 is 2.00 bits per heavy atom. The minimum atomic E-state index is -3.17. The van der Waals surface area contributed by atoms with Crippen molar-refractivity contribution in [2.24, 2.45) is 11.8 Å². The van der Waals surface area contributed by atoms with Gasteiger partial charge in [-0.05, 0) is 63.4 Å². The van der Waals surface area contributed by atoms with E-state index in [2.05, 4.69) is 20.0 Å². The number of rotatable bonds is 6.